The zero-order valence-electron chi connectivity index (χ0n) is 14.4. The van der Waals surface area contributed by atoms with E-state index in [4.69, 9.17) is 0 Å². The molecule has 0 atom stereocenters. The van der Waals surface area contributed by atoms with Gasteiger partial charge < -0.3 is 9.47 Å². The van der Waals surface area contributed by atoms with E-state index in [0.29, 0.717) is 16.9 Å². The molecular weight excluding hydrogens is 349 g/mol. The van der Waals surface area contributed by atoms with Crippen molar-refractivity contribution in [2.24, 2.45) is 7.05 Å². The Morgan fingerprint density at radius 2 is 2.08 bits per heavy atom. The average molecular weight is 366 g/mol. The molecule has 26 heavy (non-hydrogen) atoms. The Labute approximate surface area is 147 Å². The first-order valence-electron chi connectivity index (χ1n) is 7.90. The summed E-state index contributed by atoms with van der Waals surface area (Å²) < 4.78 is 42.1. The van der Waals surface area contributed by atoms with Crippen LogP contribution in [0.4, 0.5) is 13.2 Å². The summed E-state index contributed by atoms with van der Waals surface area (Å²) in [5.74, 6) is 0.216. The van der Waals surface area contributed by atoms with Crippen molar-refractivity contribution < 1.29 is 18.0 Å². The maximum atomic E-state index is 13.2. The molecular formula is C16H17F3N6O. The highest BCUT2D eigenvalue weighted by atomic mass is 19.4. The fraction of sp³-hybridized carbons (Fsp3) is 0.375. The molecule has 0 unspecified atom stereocenters. The van der Waals surface area contributed by atoms with Crippen LogP contribution in [-0.2, 0) is 19.8 Å². The molecule has 7 nitrogen and oxygen atoms in total. The number of alkyl halides is 3. The van der Waals surface area contributed by atoms with Crippen LogP contribution in [0.3, 0.4) is 0 Å². The number of fused-ring (bicyclic) bond motifs is 1. The Kier molecular flexibility index (Phi) is 4.43. The third kappa shape index (κ3) is 3.14. The molecule has 3 heterocycles. The number of halogens is 3. The van der Waals surface area contributed by atoms with E-state index in [2.05, 4.69) is 15.1 Å². The number of hydrogen-bond donors (Lipinski definition) is 0. The Hall–Kier alpha value is -2.91. The lowest BCUT2D eigenvalue weighted by molar-refractivity contribution is -0.142. The minimum Gasteiger partial charge on any atom is -0.337 e. The molecule has 10 heteroatoms. The zero-order chi connectivity index (χ0) is 19.1. The largest absolute Gasteiger partial charge is 0.433 e. The van der Waals surface area contributed by atoms with Crippen LogP contribution < -0.4 is 0 Å². The van der Waals surface area contributed by atoms with Crippen LogP contribution in [0.1, 0.15) is 34.5 Å². The smallest absolute Gasteiger partial charge is 0.337 e. The average Bonchev–Trinajstić information content (AvgIpc) is 3.16. The molecule has 0 radical (unpaired) electrons. The summed E-state index contributed by atoms with van der Waals surface area (Å²) in [4.78, 5) is 22.6. The summed E-state index contributed by atoms with van der Waals surface area (Å²) in [6, 6.07) is 0.903. The van der Waals surface area contributed by atoms with Crippen molar-refractivity contribution in [2.45, 2.75) is 26.6 Å². The van der Waals surface area contributed by atoms with E-state index in [0.717, 1.165) is 12.3 Å². The van der Waals surface area contributed by atoms with Gasteiger partial charge in [-0.3, -0.25) is 4.79 Å². The SMILES string of the molecule is CCN(Cc1nccn1C)C(=O)c1cnn2c(C(F)(F)F)cc(C)nc12. The Morgan fingerprint density at radius 1 is 1.35 bits per heavy atom. The molecule has 0 spiro atoms. The number of rotatable bonds is 4. The van der Waals surface area contributed by atoms with Crippen molar-refractivity contribution in [1.29, 1.82) is 0 Å². The Bertz CT molecular complexity index is 959. The first kappa shape index (κ1) is 17.9. The fourth-order valence-electron chi connectivity index (χ4n) is 2.65. The molecule has 3 aromatic rings. The molecule has 0 saturated carbocycles. The van der Waals surface area contributed by atoms with E-state index in [9.17, 15) is 18.0 Å². The van der Waals surface area contributed by atoms with Crippen LogP contribution in [0.2, 0.25) is 0 Å². The van der Waals surface area contributed by atoms with Gasteiger partial charge in [-0.05, 0) is 19.9 Å². The van der Waals surface area contributed by atoms with Gasteiger partial charge in [-0.25, -0.2) is 14.5 Å². The van der Waals surface area contributed by atoms with Gasteiger partial charge in [0.2, 0.25) is 0 Å². The minimum absolute atomic E-state index is 0.0234. The van der Waals surface area contributed by atoms with Crippen molar-refractivity contribution in [1.82, 2.24) is 29.0 Å². The quantitative estimate of drug-likeness (QED) is 0.711. The number of carbonyl (C=O) groups is 1. The van der Waals surface area contributed by atoms with E-state index in [1.54, 1.807) is 30.9 Å². The van der Waals surface area contributed by atoms with Gasteiger partial charge in [0.1, 0.15) is 17.1 Å². The van der Waals surface area contributed by atoms with Crippen LogP contribution in [0.5, 0.6) is 0 Å². The highest BCUT2D eigenvalue weighted by molar-refractivity contribution is 5.99. The first-order valence-corrected chi connectivity index (χ1v) is 7.90. The van der Waals surface area contributed by atoms with E-state index in [-0.39, 0.29) is 23.4 Å². The van der Waals surface area contributed by atoms with Gasteiger partial charge in [0, 0.05) is 31.7 Å². The molecule has 0 N–H and O–H groups in total. The second-order valence-corrected chi connectivity index (χ2v) is 5.85. The molecule has 138 valence electrons. The minimum atomic E-state index is -4.60. The van der Waals surface area contributed by atoms with E-state index >= 15 is 0 Å². The van der Waals surface area contributed by atoms with Crippen molar-refractivity contribution in [3.05, 3.63) is 47.4 Å². The monoisotopic (exact) mass is 366 g/mol. The molecule has 0 aliphatic carbocycles. The van der Waals surface area contributed by atoms with Crippen molar-refractivity contribution >= 4 is 11.6 Å². The zero-order valence-corrected chi connectivity index (χ0v) is 14.4. The Balaban J connectivity index is 2.03. The van der Waals surface area contributed by atoms with Crippen LogP contribution in [-0.4, -0.2) is 41.5 Å². The van der Waals surface area contributed by atoms with Gasteiger partial charge in [-0.1, -0.05) is 0 Å². The van der Waals surface area contributed by atoms with Gasteiger partial charge >= 0.3 is 6.18 Å². The number of aryl methyl sites for hydroxylation is 2. The fourth-order valence-corrected chi connectivity index (χ4v) is 2.65. The molecule has 3 aromatic heterocycles. The maximum absolute atomic E-state index is 13.2. The third-order valence-electron chi connectivity index (χ3n) is 4.04. The van der Waals surface area contributed by atoms with Crippen LogP contribution >= 0.6 is 0 Å². The van der Waals surface area contributed by atoms with Gasteiger partial charge in [0.25, 0.3) is 5.91 Å². The van der Waals surface area contributed by atoms with E-state index < -0.39 is 17.8 Å². The molecule has 1 amide bonds. The summed E-state index contributed by atoms with van der Waals surface area (Å²) >= 11 is 0. The summed E-state index contributed by atoms with van der Waals surface area (Å²) in [6.07, 6.45) is -0.108. The molecule has 0 bridgehead atoms. The predicted octanol–water partition coefficient (Wildman–Crippen LogP) is 2.45. The van der Waals surface area contributed by atoms with Gasteiger partial charge in [-0.2, -0.15) is 18.3 Å². The normalized spacial score (nSPS) is 11.9. The summed E-state index contributed by atoms with van der Waals surface area (Å²) in [5.41, 5.74) is -0.895. The highest BCUT2D eigenvalue weighted by Gasteiger charge is 2.35. The summed E-state index contributed by atoms with van der Waals surface area (Å²) in [7, 11) is 1.80. The van der Waals surface area contributed by atoms with Crippen LogP contribution in [0.15, 0.2) is 24.7 Å². The number of nitrogens with zero attached hydrogens (tertiary/aromatic N) is 6. The lowest BCUT2D eigenvalue weighted by Gasteiger charge is -2.20. The predicted molar refractivity (Wildman–Crippen MR) is 86.3 cm³/mol. The molecule has 0 saturated heterocycles. The van der Waals surface area contributed by atoms with E-state index in [1.807, 2.05) is 0 Å². The number of aromatic nitrogens is 5. The lowest BCUT2D eigenvalue weighted by Crippen LogP contribution is -2.31. The second-order valence-electron chi connectivity index (χ2n) is 5.85. The topological polar surface area (TPSA) is 68.3 Å². The maximum Gasteiger partial charge on any atom is 0.433 e. The number of amides is 1. The van der Waals surface area contributed by atoms with Crippen LogP contribution in [0.25, 0.3) is 5.65 Å². The first-order chi connectivity index (χ1) is 12.2. The standard InChI is InChI=1S/C16H17F3N6O/c1-4-24(9-13-20-5-6-23(13)3)15(26)11-8-21-25-12(16(17,18)19)7-10(2)22-14(11)25/h5-8H,4,9H2,1-3H3. The molecule has 0 aliphatic heterocycles. The van der Waals surface area contributed by atoms with Crippen molar-refractivity contribution in [3.8, 4) is 0 Å². The summed E-state index contributed by atoms with van der Waals surface area (Å²) in [6.45, 7) is 3.82. The third-order valence-corrected chi connectivity index (χ3v) is 4.04. The van der Waals surface area contributed by atoms with Crippen molar-refractivity contribution in [2.75, 3.05) is 6.54 Å². The summed E-state index contributed by atoms with van der Waals surface area (Å²) in [5, 5.41) is 3.74. The molecule has 3 rings (SSSR count). The molecule has 0 fully saturated rings. The highest BCUT2D eigenvalue weighted by Crippen LogP contribution is 2.30. The van der Waals surface area contributed by atoms with Crippen molar-refractivity contribution in [3.63, 3.8) is 0 Å². The number of imidazole rings is 1. The molecule has 0 aliphatic rings. The number of carbonyl (C=O) groups excluding carboxylic acids is 1. The van der Waals surface area contributed by atoms with Gasteiger partial charge in [0.05, 0.1) is 12.7 Å². The van der Waals surface area contributed by atoms with Gasteiger partial charge in [0.15, 0.2) is 5.65 Å². The number of hydrogen-bond acceptors (Lipinski definition) is 4. The van der Waals surface area contributed by atoms with Gasteiger partial charge in [-0.15, -0.1) is 0 Å². The lowest BCUT2D eigenvalue weighted by atomic mass is 10.2. The van der Waals surface area contributed by atoms with E-state index in [1.165, 1.54) is 11.8 Å². The Morgan fingerprint density at radius 3 is 2.65 bits per heavy atom. The second kappa shape index (κ2) is 6.43. The van der Waals surface area contributed by atoms with Crippen LogP contribution in [0, 0.1) is 6.92 Å². The molecule has 0 aromatic carbocycles.